The first-order chi connectivity index (χ1) is 12.2. The van der Waals surface area contributed by atoms with Crippen molar-refractivity contribution in [3.05, 3.63) is 18.2 Å². The van der Waals surface area contributed by atoms with E-state index in [0.29, 0.717) is 0 Å². The van der Waals surface area contributed by atoms with Crippen LogP contribution in [0.25, 0.3) is 0 Å². The molecule has 1 rings (SSSR count). The molecule has 0 aromatic carbocycles. The molecule has 0 radical (unpaired) electrons. The van der Waals surface area contributed by atoms with Crippen molar-refractivity contribution in [1.29, 1.82) is 0 Å². The van der Waals surface area contributed by atoms with Crippen LogP contribution in [0.5, 0.6) is 0 Å². The van der Waals surface area contributed by atoms with Gasteiger partial charge in [0.05, 0.1) is 12.8 Å². The number of carbonyl (C=O) groups is 3. The number of hydroxylamine groups is 2. The molecule has 1 aromatic heterocycles. The quantitative estimate of drug-likeness (QED) is 0.792. The minimum atomic E-state index is -1.21. The minimum Gasteiger partial charge on any atom is -0.444 e. The number of alkyl carbamates (subject to hydrolysis) is 1. The van der Waals surface area contributed by atoms with Crippen molar-refractivity contribution in [2.24, 2.45) is 0 Å². The predicted molar refractivity (Wildman–Crippen MR) is 95.7 cm³/mol. The van der Waals surface area contributed by atoms with Crippen LogP contribution in [0, 0.1) is 0 Å². The fraction of sp³-hybridized carbons (Fsp3) is 0.647. The number of imidazole rings is 1. The van der Waals surface area contributed by atoms with Gasteiger partial charge in [-0.15, -0.1) is 0 Å². The fourth-order valence-electron chi connectivity index (χ4n) is 1.86. The van der Waals surface area contributed by atoms with E-state index in [0.717, 1.165) is 9.63 Å². The molecular weight excluding hydrogens is 356 g/mol. The van der Waals surface area contributed by atoms with Gasteiger partial charge in [-0.05, 0) is 41.5 Å². The zero-order valence-corrected chi connectivity index (χ0v) is 17.0. The largest absolute Gasteiger partial charge is 0.444 e. The molecular formula is C17H28N4O6. The van der Waals surface area contributed by atoms with Gasteiger partial charge < -0.3 is 14.8 Å². The maximum atomic E-state index is 12.5. The lowest BCUT2D eigenvalue weighted by atomic mass is 10.2. The van der Waals surface area contributed by atoms with Crippen LogP contribution in [0.4, 0.5) is 9.59 Å². The number of aromatic nitrogens is 2. The Bertz CT molecular complexity index is 686. The summed E-state index contributed by atoms with van der Waals surface area (Å²) in [5.41, 5.74) is -1.32. The lowest BCUT2D eigenvalue weighted by Crippen LogP contribution is -2.43. The molecule has 10 heteroatoms. The van der Waals surface area contributed by atoms with Gasteiger partial charge in [-0.25, -0.2) is 24.2 Å². The summed E-state index contributed by atoms with van der Waals surface area (Å²) in [7, 11) is 2.69. The minimum absolute atomic E-state index is 0.126. The molecule has 0 fully saturated rings. The molecule has 0 saturated heterocycles. The summed E-state index contributed by atoms with van der Waals surface area (Å²) < 4.78 is 11.5. The highest BCUT2D eigenvalue weighted by atomic mass is 16.7. The van der Waals surface area contributed by atoms with Gasteiger partial charge in [0.1, 0.15) is 17.5 Å². The molecule has 2 amide bonds. The molecule has 0 bridgehead atoms. The van der Waals surface area contributed by atoms with Crippen LogP contribution in [-0.4, -0.2) is 58.1 Å². The topological polar surface area (TPSA) is 112 Å². The average Bonchev–Trinajstić information content (AvgIpc) is 2.97. The molecule has 0 saturated carbocycles. The molecule has 0 aliphatic rings. The lowest BCUT2D eigenvalue weighted by molar-refractivity contribution is -0.171. The smallest absolute Gasteiger partial charge is 0.419 e. The van der Waals surface area contributed by atoms with Gasteiger partial charge in [0.25, 0.3) is 5.91 Å². The van der Waals surface area contributed by atoms with Crippen molar-refractivity contribution in [3.8, 4) is 0 Å². The number of likely N-dealkylation sites (N-methyl/N-ethyl adjacent to an activating group) is 1. The Morgan fingerprint density at radius 2 is 1.67 bits per heavy atom. The Morgan fingerprint density at radius 1 is 1.11 bits per heavy atom. The SMILES string of the molecule is CON(C)C(=O)C(NC(=O)OC(C)(C)C)c1cn(C(=O)OC(C)(C)C)cn1. The number of nitrogens with zero attached hydrogens (tertiary/aromatic N) is 3. The van der Waals surface area contributed by atoms with Crippen LogP contribution in [0.2, 0.25) is 0 Å². The second kappa shape index (κ2) is 8.38. The Morgan fingerprint density at radius 3 is 2.15 bits per heavy atom. The number of ether oxygens (including phenoxy) is 2. The summed E-state index contributed by atoms with van der Waals surface area (Å²) >= 11 is 0. The normalized spacial score (nSPS) is 12.9. The standard InChI is InChI=1S/C17H28N4O6/c1-16(2,3)26-14(23)19-12(13(22)20(7)25-8)11-9-21(10-18-11)15(24)27-17(4,5)6/h9-10,12H,1-8H3,(H,19,23). The van der Waals surface area contributed by atoms with Crippen molar-refractivity contribution in [2.45, 2.75) is 58.8 Å². The molecule has 10 nitrogen and oxygen atoms in total. The maximum absolute atomic E-state index is 12.5. The molecule has 1 N–H and O–H groups in total. The molecule has 0 aliphatic carbocycles. The van der Waals surface area contributed by atoms with E-state index in [4.69, 9.17) is 14.3 Å². The maximum Gasteiger partial charge on any atom is 0.419 e. The van der Waals surface area contributed by atoms with Gasteiger partial charge in [-0.3, -0.25) is 9.63 Å². The first-order valence-corrected chi connectivity index (χ1v) is 8.32. The predicted octanol–water partition coefficient (Wildman–Crippen LogP) is 2.25. The summed E-state index contributed by atoms with van der Waals surface area (Å²) in [6, 6.07) is -1.21. The lowest BCUT2D eigenvalue weighted by Gasteiger charge is -2.24. The summed E-state index contributed by atoms with van der Waals surface area (Å²) in [6.45, 7) is 10.3. The molecule has 1 heterocycles. The van der Waals surface area contributed by atoms with Crippen molar-refractivity contribution >= 4 is 18.1 Å². The zero-order chi connectivity index (χ0) is 21.0. The first-order valence-electron chi connectivity index (χ1n) is 8.32. The summed E-state index contributed by atoms with van der Waals surface area (Å²) in [5, 5.41) is 3.38. The van der Waals surface area contributed by atoms with E-state index in [1.54, 1.807) is 41.5 Å². The van der Waals surface area contributed by atoms with Crippen molar-refractivity contribution in [2.75, 3.05) is 14.2 Å². The van der Waals surface area contributed by atoms with E-state index < -0.39 is 35.3 Å². The number of hydrogen-bond acceptors (Lipinski definition) is 7. The van der Waals surface area contributed by atoms with Crippen LogP contribution in [0.15, 0.2) is 12.5 Å². The van der Waals surface area contributed by atoms with Gasteiger partial charge in [0.15, 0.2) is 6.04 Å². The van der Waals surface area contributed by atoms with Crippen LogP contribution in [0.1, 0.15) is 53.3 Å². The van der Waals surface area contributed by atoms with E-state index in [1.807, 2.05) is 0 Å². The third-order valence-electron chi connectivity index (χ3n) is 2.99. The van der Waals surface area contributed by atoms with E-state index in [2.05, 4.69) is 10.3 Å². The van der Waals surface area contributed by atoms with E-state index >= 15 is 0 Å². The van der Waals surface area contributed by atoms with Gasteiger partial charge in [0.2, 0.25) is 0 Å². The molecule has 1 atom stereocenters. The molecule has 152 valence electrons. The monoisotopic (exact) mass is 384 g/mol. The highest BCUT2D eigenvalue weighted by molar-refractivity contribution is 5.86. The molecule has 0 spiro atoms. The Kier molecular flexibility index (Phi) is 6.96. The van der Waals surface area contributed by atoms with Crippen molar-refractivity contribution in [3.63, 3.8) is 0 Å². The Balaban J connectivity index is 3.08. The number of hydrogen-bond donors (Lipinski definition) is 1. The Hall–Kier alpha value is -2.62. The zero-order valence-electron chi connectivity index (χ0n) is 17.0. The number of carbonyl (C=O) groups excluding carboxylic acids is 3. The van der Waals surface area contributed by atoms with Crippen molar-refractivity contribution in [1.82, 2.24) is 19.9 Å². The van der Waals surface area contributed by atoms with Crippen LogP contribution >= 0.6 is 0 Å². The van der Waals surface area contributed by atoms with Gasteiger partial charge in [-0.2, -0.15) is 0 Å². The average molecular weight is 384 g/mol. The van der Waals surface area contributed by atoms with Crippen LogP contribution < -0.4 is 5.32 Å². The third kappa shape index (κ3) is 7.26. The van der Waals surface area contributed by atoms with Crippen molar-refractivity contribution < 1.29 is 28.7 Å². The molecule has 0 aliphatic heterocycles. The van der Waals surface area contributed by atoms with E-state index in [-0.39, 0.29) is 5.69 Å². The molecule has 1 unspecified atom stereocenters. The highest BCUT2D eigenvalue weighted by Crippen LogP contribution is 2.17. The fourth-order valence-corrected chi connectivity index (χ4v) is 1.86. The second-order valence-corrected chi connectivity index (χ2v) is 7.78. The molecule has 27 heavy (non-hydrogen) atoms. The Labute approximate surface area is 158 Å². The van der Waals surface area contributed by atoms with Gasteiger partial charge >= 0.3 is 12.2 Å². The number of amides is 2. The van der Waals surface area contributed by atoms with Crippen LogP contribution in [0.3, 0.4) is 0 Å². The summed E-state index contributed by atoms with van der Waals surface area (Å²) in [6.07, 6.45) is 1.03. The molecule has 1 aromatic rings. The van der Waals surface area contributed by atoms with E-state index in [9.17, 15) is 14.4 Å². The highest BCUT2D eigenvalue weighted by Gasteiger charge is 2.31. The summed E-state index contributed by atoms with van der Waals surface area (Å²) in [4.78, 5) is 45.7. The first kappa shape index (κ1) is 22.4. The van der Waals surface area contributed by atoms with Crippen LogP contribution in [-0.2, 0) is 19.1 Å². The van der Waals surface area contributed by atoms with Gasteiger partial charge in [-0.1, -0.05) is 0 Å². The van der Waals surface area contributed by atoms with Gasteiger partial charge in [0, 0.05) is 13.2 Å². The third-order valence-corrected chi connectivity index (χ3v) is 2.99. The van der Waals surface area contributed by atoms with E-state index in [1.165, 1.54) is 26.7 Å². The number of rotatable bonds is 4. The second-order valence-electron chi connectivity index (χ2n) is 7.78. The number of nitrogens with one attached hydrogen (secondary N) is 1. The summed E-state index contributed by atoms with van der Waals surface area (Å²) in [5.74, 6) is -0.599.